The van der Waals surface area contributed by atoms with Crippen LogP contribution in [0.5, 0.6) is 0 Å². The van der Waals surface area contributed by atoms with Crippen molar-refractivity contribution in [2.24, 2.45) is 0 Å². The zero-order valence-electron chi connectivity index (χ0n) is 13.1. The lowest BCUT2D eigenvalue weighted by Crippen LogP contribution is -1.98. The van der Waals surface area contributed by atoms with Gasteiger partial charge in [0.25, 0.3) is 0 Å². The SMILES string of the molecule is Nc1cccc2nc(-c3ccc(Br)cc3)c(-c3ccc(Br)cc3)nc12. The van der Waals surface area contributed by atoms with Gasteiger partial charge in [0.2, 0.25) is 0 Å². The Morgan fingerprint density at radius 1 is 0.640 bits per heavy atom. The van der Waals surface area contributed by atoms with Crippen molar-refractivity contribution in [1.82, 2.24) is 9.97 Å². The average Bonchev–Trinajstić information content (AvgIpc) is 2.63. The lowest BCUT2D eigenvalue weighted by atomic mass is 10.0. The van der Waals surface area contributed by atoms with Gasteiger partial charge in [0, 0.05) is 20.1 Å². The van der Waals surface area contributed by atoms with Crippen LogP contribution in [0.2, 0.25) is 0 Å². The van der Waals surface area contributed by atoms with Crippen LogP contribution in [0.4, 0.5) is 5.69 Å². The van der Waals surface area contributed by atoms with Crippen LogP contribution >= 0.6 is 31.9 Å². The quantitative estimate of drug-likeness (QED) is 0.374. The summed E-state index contributed by atoms with van der Waals surface area (Å²) in [5.74, 6) is 0. The summed E-state index contributed by atoms with van der Waals surface area (Å²) in [5, 5.41) is 0. The van der Waals surface area contributed by atoms with Gasteiger partial charge in [-0.1, -0.05) is 62.2 Å². The maximum Gasteiger partial charge on any atom is 0.112 e. The fourth-order valence-corrected chi connectivity index (χ4v) is 3.25. The molecule has 0 unspecified atom stereocenters. The van der Waals surface area contributed by atoms with Crippen molar-refractivity contribution in [3.05, 3.63) is 75.7 Å². The van der Waals surface area contributed by atoms with Gasteiger partial charge in [0.05, 0.1) is 22.6 Å². The summed E-state index contributed by atoms with van der Waals surface area (Å²) in [5.41, 5.74) is 11.9. The minimum absolute atomic E-state index is 0.630. The van der Waals surface area contributed by atoms with Crippen LogP contribution < -0.4 is 5.73 Å². The molecule has 3 nitrogen and oxygen atoms in total. The third-order valence-electron chi connectivity index (χ3n) is 3.96. The zero-order valence-corrected chi connectivity index (χ0v) is 16.3. The van der Waals surface area contributed by atoms with Crippen LogP contribution in [0.1, 0.15) is 0 Å². The molecule has 1 heterocycles. The maximum atomic E-state index is 6.12. The molecule has 3 aromatic carbocycles. The molecule has 1 aromatic heterocycles. The average molecular weight is 455 g/mol. The van der Waals surface area contributed by atoms with Crippen molar-refractivity contribution in [2.75, 3.05) is 5.73 Å². The number of nitrogen functional groups attached to an aromatic ring is 1. The van der Waals surface area contributed by atoms with Gasteiger partial charge in [-0.2, -0.15) is 0 Å². The molecule has 0 radical (unpaired) electrons. The van der Waals surface area contributed by atoms with Gasteiger partial charge < -0.3 is 5.73 Å². The van der Waals surface area contributed by atoms with Gasteiger partial charge in [-0.25, -0.2) is 9.97 Å². The Bertz CT molecular complexity index is 1060. The number of nitrogens with zero attached hydrogens (tertiary/aromatic N) is 2. The van der Waals surface area contributed by atoms with Crippen molar-refractivity contribution in [1.29, 1.82) is 0 Å². The molecule has 0 aliphatic heterocycles. The summed E-state index contributed by atoms with van der Waals surface area (Å²) in [6.45, 7) is 0. The molecule has 0 aliphatic carbocycles. The number of rotatable bonds is 2. The molecule has 25 heavy (non-hydrogen) atoms. The van der Waals surface area contributed by atoms with E-state index in [9.17, 15) is 0 Å². The molecule has 0 amide bonds. The van der Waals surface area contributed by atoms with Crippen LogP contribution in [0.25, 0.3) is 33.5 Å². The molecule has 0 saturated carbocycles. The number of halogens is 2. The van der Waals surface area contributed by atoms with Crippen molar-refractivity contribution in [3.8, 4) is 22.5 Å². The number of hydrogen-bond acceptors (Lipinski definition) is 3. The van der Waals surface area contributed by atoms with Crippen LogP contribution in [0.15, 0.2) is 75.7 Å². The minimum atomic E-state index is 0.630. The van der Waals surface area contributed by atoms with Gasteiger partial charge in [0.1, 0.15) is 5.52 Å². The third-order valence-corrected chi connectivity index (χ3v) is 5.02. The molecule has 0 atom stereocenters. The summed E-state index contributed by atoms with van der Waals surface area (Å²) in [7, 11) is 0. The van der Waals surface area contributed by atoms with Crippen LogP contribution in [-0.2, 0) is 0 Å². The zero-order chi connectivity index (χ0) is 17.4. The van der Waals surface area contributed by atoms with E-state index >= 15 is 0 Å². The molecular weight excluding hydrogens is 442 g/mol. The maximum absolute atomic E-state index is 6.12. The minimum Gasteiger partial charge on any atom is -0.397 e. The summed E-state index contributed by atoms with van der Waals surface area (Å²) < 4.78 is 2.05. The summed E-state index contributed by atoms with van der Waals surface area (Å²) in [6, 6.07) is 21.8. The van der Waals surface area contributed by atoms with Crippen molar-refractivity contribution in [2.45, 2.75) is 0 Å². The van der Waals surface area contributed by atoms with Gasteiger partial charge in [-0.15, -0.1) is 0 Å². The topological polar surface area (TPSA) is 51.8 Å². The summed E-state index contributed by atoms with van der Waals surface area (Å²) in [6.07, 6.45) is 0. The highest BCUT2D eigenvalue weighted by Gasteiger charge is 2.14. The normalized spacial score (nSPS) is 11.0. The van der Waals surface area contributed by atoms with E-state index < -0.39 is 0 Å². The first-order valence-corrected chi connectivity index (χ1v) is 9.28. The van der Waals surface area contributed by atoms with Crippen molar-refractivity contribution in [3.63, 3.8) is 0 Å². The predicted molar refractivity (Wildman–Crippen MR) is 110 cm³/mol. The van der Waals surface area contributed by atoms with E-state index in [0.29, 0.717) is 5.69 Å². The smallest absolute Gasteiger partial charge is 0.112 e. The fraction of sp³-hybridized carbons (Fsp3) is 0. The van der Waals surface area contributed by atoms with E-state index in [1.54, 1.807) is 0 Å². The number of para-hydroxylation sites is 1. The predicted octanol–water partition coefficient (Wildman–Crippen LogP) is 6.07. The Morgan fingerprint density at radius 2 is 1.16 bits per heavy atom. The lowest BCUT2D eigenvalue weighted by Gasteiger charge is -2.12. The lowest BCUT2D eigenvalue weighted by molar-refractivity contribution is 1.29. The van der Waals surface area contributed by atoms with Gasteiger partial charge in [-0.3, -0.25) is 0 Å². The van der Waals surface area contributed by atoms with Gasteiger partial charge in [-0.05, 0) is 36.4 Å². The van der Waals surface area contributed by atoms with E-state index in [-0.39, 0.29) is 0 Å². The second-order valence-electron chi connectivity index (χ2n) is 5.65. The van der Waals surface area contributed by atoms with E-state index in [1.807, 2.05) is 66.7 Å². The van der Waals surface area contributed by atoms with E-state index in [1.165, 1.54) is 0 Å². The molecule has 5 heteroatoms. The highest BCUT2D eigenvalue weighted by Crippen LogP contribution is 2.33. The van der Waals surface area contributed by atoms with Crippen molar-refractivity contribution >= 4 is 48.6 Å². The number of hydrogen-bond donors (Lipinski definition) is 1. The third kappa shape index (κ3) is 3.17. The molecule has 4 rings (SSSR count). The Labute approximate surface area is 162 Å². The second kappa shape index (κ2) is 6.58. The number of anilines is 1. The Kier molecular flexibility index (Phi) is 4.27. The Hall–Kier alpha value is -2.24. The molecule has 4 aromatic rings. The first-order valence-electron chi connectivity index (χ1n) is 7.70. The molecule has 0 saturated heterocycles. The van der Waals surface area contributed by atoms with E-state index in [0.717, 1.165) is 42.5 Å². The molecular formula is C20H13Br2N3. The Morgan fingerprint density at radius 3 is 1.72 bits per heavy atom. The first kappa shape index (κ1) is 16.2. The standard InChI is InChI=1S/C20H13Br2N3/c21-14-8-4-12(5-9-14)18-19(13-6-10-15(22)11-7-13)25-20-16(23)2-1-3-17(20)24-18/h1-11H,23H2. The van der Waals surface area contributed by atoms with Gasteiger partial charge in [0.15, 0.2) is 0 Å². The van der Waals surface area contributed by atoms with E-state index in [4.69, 9.17) is 15.7 Å². The second-order valence-corrected chi connectivity index (χ2v) is 7.48. The van der Waals surface area contributed by atoms with E-state index in [2.05, 4.69) is 31.9 Å². The van der Waals surface area contributed by atoms with Gasteiger partial charge >= 0.3 is 0 Å². The number of aromatic nitrogens is 2. The first-order chi connectivity index (χ1) is 12.1. The highest BCUT2D eigenvalue weighted by atomic mass is 79.9. The Balaban J connectivity index is 2.03. The molecule has 2 N–H and O–H groups in total. The summed E-state index contributed by atoms with van der Waals surface area (Å²) in [4.78, 5) is 9.72. The van der Waals surface area contributed by atoms with Crippen LogP contribution in [0, 0.1) is 0 Å². The fourth-order valence-electron chi connectivity index (χ4n) is 2.72. The van der Waals surface area contributed by atoms with Crippen molar-refractivity contribution < 1.29 is 0 Å². The molecule has 0 bridgehead atoms. The molecule has 122 valence electrons. The largest absolute Gasteiger partial charge is 0.397 e. The number of nitrogens with two attached hydrogens (primary N) is 1. The van der Waals surface area contributed by atoms with Crippen LogP contribution in [-0.4, -0.2) is 9.97 Å². The number of benzene rings is 3. The molecule has 0 spiro atoms. The molecule has 0 aliphatic rings. The summed E-state index contributed by atoms with van der Waals surface area (Å²) >= 11 is 6.96. The highest BCUT2D eigenvalue weighted by molar-refractivity contribution is 9.10. The van der Waals surface area contributed by atoms with Crippen LogP contribution in [0.3, 0.4) is 0 Å². The number of fused-ring (bicyclic) bond motifs is 1. The monoisotopic (exact) mass is 453 g/mol. The molecule has 0 fully saturated rings.